The van der Waals surface area contributed by atoms with Crippen LogP contribution in [0.5, 0.6) is 0 Å². The van der Waals surface area contributed by atoms with Gasteiger partial charge in [-0.2, -0.15) is 0 Å². The Balaban J connectivity index is 2.04. The second-order valence-electron chi connectivity index (χ2n) is 6.25. The number of hydrogen-bond acceptors (Lipinski definition) is 3. The molecule has 1 amide bonds. The van der Waals surface area contributed by atoms with Gasteiger partial charge in [-0.25, -0.2) is 0 Å². The molecule has 0 aliphatic rings. The minimum atomic E-state index is -0.682. The second-order valence-corrected chi connectivity index (χ2v) is 6.25. The van der Waals surface area contributed by atoms with Crippen molar-refractivity contribution in [2.24, 2.45) is 5.73 Å². The highest BCUT2D eigenvalue weighted by Gasteiger charge is 2.26. The molecule has 0 bridgehead atoms. The highest BCUT2D eigenvalue weighted by atomic mass is 16.1. The summed E-state index contributed by atoms with van der Waals surface area (Å²) < 4.78 is 0. The molecule has 0 saturated carbocycles. The Bertz CT molecular complexity index is 1170. The van der Waals surface area contributed by atoms with E-state index in [2.05, 4.69) is 4.98 Å². The number of aromatic nitrogens is 1. The van der Waals surface area contributed by atoms with Gasteiger partial charge in [0.1, 0.15) is 5.82 Å². The predicted molar refractivity (Wildman–Crippen MR) is 107 cm³/mol. The maximum Gasteiger partial charge on any atom is 0.253 e. The van der Waals surface area contributed by atoms with Gasteiger partial charge >= 0.3 is 0 Å². The number of H-pyrrole nitrogens is 1. The number of nitrogens with two attached hydrogens (primary N) is 2. The van der Waals surface area contributed by atoms with Gasteiger partial charge in [-0.3, -0.25) is 9.59 Å². The lowest BCUT2D eigenvalue weighted by Gasteiger charge is -2.10. The molecule has 0 spiro atoms. The Morgan fingerprint density at radius 2 is 1.48 bits per heavy atom. The summed E-state index contributed by atoms with van der Waals surface area (Å²) in [6.45, 7) is 0. The van der Waals surface area contributed by atoms with E-state index < -0.39 is 5.91 Å². The van der Waals surface area contributed by atoms with E-state index in [0.29, 0.717) is 11.1 Å². The second kappa shape index (κ2) is 6.46. The fourth-order valence-corrected chi connectivity index (χ4v) is 3.39. The van der Waals surface area contributed by atoms with Crippen molar-refractivity contribution in [2.75, 3.05) is 5.73 Å². The number of primary amides is 1. The van der Waals surface area contributed by atoms with E-state index in [1.54, 1.807) is 24.3 Å². The van der Waals surface area contributed by atoms with Gasteiger partial charge in [0.05, 0.1) is 11.3 Å². The summed E-state index contributed by atoms with van der Waals surface area (Å²) >= 11 is 0. The molecule has 0 aliphatic heterocycles. The van der Waals surface area contributed by atoms with Crippen LogP contribution in [0.15, 0.2) is 72.8 Å². The van der Waals surface area contributed by atoms with E-state index in [9.17, 15) is 9.59 Å². The number of carbonyl (C=O) groups excluding carboxylic acids is 2. The van der Waals surface area contributed by atoms with Gasteiger partial charge in [-0.05, 0) is 16.3 Å². The summed E-state index contributed by atoms with van der Waals surface area (Å²) in [4.78, 5) is 28.1. The fourth-order valence-electron chi connectivity index (χ4n) is 3.39. The first-order chi connectivity index (χ1) is 13.1. The topological polar surface area (TPSA) is 102 Å². The molecule has 0 aliphatic carbocycles. The van der Waals surface area contributed by atoms with Gasteiger partial charge in [-0.15, -0.1) is 0 Å². The number of rotatable bonds is 4. The van der Waals surface area contributed by atoms with Crippen LogP contribution in [0.3, 0.4) is 0 Å². The van der Waals surface area contributed by atoms with E-state index >= 15 is 0 Å². The number of amides is 1. The predicted octanol–water partition coefficient (Wildman–Crippen LogP) is 3.75. The number of benzene rings is 3. The van der Waals surface area contributed by atoms with Gasteiger partial charge in [0, 0.05) is 11.1 Å². The number of aromatic amines is 1. The van der Waals surface area contributed by atoms with E-state index in [0.717, 1.165) is 16.3 Å². The molecule has 1 aromatic heterocycles. The van der Waals surface area contributed by atoms with Crippen molar-refractivity contribution >= 4 is 28.3 Å². The van der Waals surface area contributed by atoms with Crippen LogP contribution in [-0.2, 0) is 0 Å². The standard InChI is InChI=1S/C22H17N3O2/c23-21-18(22(24)27)17(16-12-6-10-13-7-4-5-11-15(13)16)19(25-21)20(26)14-8-2-1-3-9-14/h1-12,25H,23H2,(H2,24,27). The minimum absolute atomic E-state index is 0.0877. The third-order valence-corrected chi connectivity index (χ3v) is 4.60. The number of hydrogen-bond donors (Lipinski definition) is 3. The molecule has 0 atom stereocenters. The first-order valence-electron chi connectivity index (χ1n) is 8.47. The summed E-state index contributed by atoms with van der Waals surface area (Å²) in [5.41, 5.74) is 13.7. The number of nitrogens with one attached hydrogen (secondary N) is 1. The third-order valence-electron chi connectivity index (χ3n) is 4.60. The van der Waals surface area contributed by atoms with Crippen LogP contribution in [0.25, 0.3) is 21.9 Å². The average Bonchev–Trinajstić information content (AvgIpc) is 3.04. The first-order valence-corrected chi connectivity index (χ1v) is 8.47. The van der Waals surface area contributed by atoms with Crippen LogP contribution >= 0.6 is 0 Å². The minimum Gasteiger partial charge on any atom is -0.385 e. The lowest BCUT2D eigenvalue weighted by Crippen LogP contribution is -2.13. The van der Waals surface area contributed by atoms with Crippen molar-refractivity contribution in [3.63, 3.8) is 0 Å². The molecule has 5 heteroatoms. The summed E-state index contributed by atoms with van der Waals surface area (Å²) in [6, 6.07) is 22.3. The van der Waals surface area contributed by atoms with Crippen LogP contribution in [0.4, 0.5) is 5.82 Å². The van der Waals surface area contributed by atoms with Crippen molar-refractivity contribution in [1.29, 1.82) is 0 Å². The molecule has 27 heavy (non-hydrogen) atoms. The van der Waals surface area contributed by atoms with Crippen LogP contribution in [-0.4, -0.2) is 16.7 Å². The zero-order valence-electron chi connectivity index (χ0n) is 14.4. The molecule has 0 fully saturated rings. The van der Waals surface area contributed by atoms with E-state index in [-0.39, 0.29) is 22.9 Å². The summed E-state index contributed by atoms with van der Waals surface area (Å²) in [7, 11) is 0. The Morgan fingerprint density at radius 3 is 2.22 bits per heavy atom. The van der Waals surface area contributed by atoms with Gasteiger partial charge in [-0.1, -0.05) is 72.8 Å². The number of nitrogen functional groups attached to an aromatic ring is 1. The number of anilines is 1. The Labute approximate surface area is 155 Å². The van der Waals surface area contributed by atoms with Gasteiger partial charge < -0.3 is 16.5 Å². The Hall–Kier alpha value is -3.86. The molecule has 132 valence electrons. The smallest absolute Gasteiger partial charge is 0.253 e. The van der Waals surface area contributed by atoms with Crippen molar-refractivity contribution in [3.05, 3.63) is 89.6 Å². The average molecular weight is 355 g/mol. The molecule has 4 aromatic rings. The molecule has 5 nitrogen and oxygen atoms in total. The molecule has 0 unspecified atom stereocenters. The third kappa shape index (κ3) is 2.75. The lowest BCUT2D eigenvalue weighted by atomic mass is 9.93. The normalized spacial score (nSPS) is 10.8. The molecule has 1 heterocycles. The molecular formula is C22H17N3O2. The zero-order valence-corrected chi connectivity index (χ0v) is 14.4. The Morgan fingerprint density at radius 1 is 0.815 bits per heavy atom. The highest BCUT2D eigenvalue weighted by Crippen LogP contribution is 2.37. The van der Waals surface area contributed by atoms with E-state index in [1.165, 1.54) is 0 Å². The van der Waals surface area contributed by atoms with Crippen LogP contribution in [0.1, 0.15) is 26.4 Å². The SMILES string of the molecule is NC(=O)c1c(N)[nH]c(C(=O)c2ccccc2)c1-c1cccc2ccccc12. The Kier molecular flexibility index (Phi) is 3.97. The molecule has 3 aromatic carbocycles. The molecular weight excluding hydrogens is 338 g/mol. The maximum atomic E-state index is 13.1. The summed E-state index contributed by atoms with van der Waals surface area (Å²) in [5, 5.41) is 1.90. The van der Waals surface area contributed by atoms with Gasteiger partial charge in [0.2, 0.25) is 5.78 Å². The van der Waals surface area contributed by atoms with E-state index in [1.807, 2.05) is 48.5 Å². The van der Waals surface area contributed by atoms with Gasteiger partial charge in [0.25, 0.3) is 5.91 Å². The number of fused-ring (bicyclic) bond motifs is 1. The molecule has 0 saturated heterocycles. The largest absolute Gasteiger partial charge is 0.385 e. The zero-order chi connectivity index (χ0) is 19.0. The van der Waals surface area contributed by atoms with Gasteiger partial charge in [0.15, 0.2) is 0 Å². The quantitative estimate of drug-likeness (QED) is 0.486. The van der Waals surface area contributed by atoms with Crippen molar-refractivity contribution in [2.45, 2.75) is 0 Å². The molecule has 0 radical (unpaired) electrons. The fraction of sp³-hybridized carbons (Fsp3) is 0. The monoisotopic (exact) mass is 355 g/mol. The van der Waals surface area contributed by atoms with Crippen molar-refractivity contribution < 1.29 is 9.59 Å². The first kappa shape index (κ1) is 16.6. The van der Waals surface area contributed by atoms with Crippen LogP contribution in [0.2, 0.25) is 0 Å². The highest BCUT2D eigenvalue weighted by molar-refractivity contribution is 6.19. The maximum absolute atomic E-state index is 13.1. The molecule has 4 rings (SSSR count). The van der Waals surface area contributed by atoms with E-state index in [4.69, 9.17) is 11.5 Å². The molecule has 5 N–H and O–H groups in total. The number of carbonyl (C=O) groups is 2. The number of ketones is 1. The lowest BCUT2D eigenvalue weighted by molar-refractivity contribution is 0.100. The van der Waals surface area contributed by atoms with Crippen molar-refractivity contribution in [3.8, 4) is 11.1 Å². The summed E-state index contributed by atoms with van der Waals surface area (Å²) in [5.74, 6) is -0.846. The van der Waals surface area contributed by atoms with Crippen LogP contribution in [0, 0.1) is 0 Å². The van der Waals surface area contributed by atoms with Crippen LogP contribution < -0.4 is 11.5 Å². The van der Waals surface area contributed by atoms with Crippen molar-refractivity contribution in [1.82, 2.24) is 4.98 Å². The summed E-state index contributed by atoms with van der Waals surface area (Å²) in [6.07, 6.45) is 0.